The van der Waals surface area contributed by atoms with Crippen LogP contribution in [-0.2, 0) is 28.6 Å². The number of halogens is 2. The largest absolute Gasteiger partial charge is 0.471 e. The number of carbonyl (C=O) groups is 3. The highest BCUT2D eigenvalue weighted by Gasteiger charge is 2.47. The Morgan fingerprint density at radius 3 is 2.22 bits per heavy atom. The quantitative estimate of drug-likeness (QED) is 0.254. The van der Waals surface area contributed by atoms with Gasteiger partial charge in [-0.1, -0.05) is 0 Å². The molecule has 0 radical (unpaired) electrons. The van der Waals surface area contributed by atoms with Gasteiger partial charge >= 0.3 is 17.9 Å². The van der Waals surface area contributed by atoms with E-state index in [-0.39, 0.29) is 11.5 Å². The minimum atomic E-state index is -1.12. The molecule has 0 unspecified atom stereocenters. The normalized spacial score (nSPS) is 24.6. The average molecular weight is 513 g/mol. The van der Waals surface area contributed by atoms with Gasteiger partial charge in [0.2, 0.25) is 0 Å². The molecular formula is C16H17FINO7S. The molecule has 1 saturated heterocycles. The molecule has 1 fully saturated rings. The van der Waals surface area contributed by atoms with Crippen molar-refractivity contribution in [3.63, 3.8) is 0 Å². The van der Waals surface area contributed by atoms with E-state index in [1.165, 1.54) is 26.8 Å². The topological polar surface area (TPSA) is 101 Å². The van der Waals surface area contributed by atoms with Crippen LogP contribution in [0.15, 0.2) is 12.1 Å². The smallest absolute Gasteiger partial charge is 0.303 e. The summed E-state index contributed by atoms with van der Waals surface area (Å²) in [5, 5.41) is 0. The maximum absolute atomic E-state index is 14.0. The van der Waals surface area contributed by atoms with Crippen LogP contribution in [0, 0.1) is 9.65 Å². The highest BCUT2D eigenvalue weighted by Crippen LogP contribution is 2.34. The van der Waals surface area contributed by atoms with E-state index >= 15 is 0 Å². The number of pyridine rings is 1. The Kier molecular flexibility index (Phi) is 7.65. The van der Waals surface area contributed by atoms with Crippen LogP contribution in [0.25, 0.3) is 0 Å². The Hall–Kier alpha value is -1.63. The van der Waals surface area contributed by atoms with Crippen molar-refractivity contribution in [2.45, 2.75) is 44.5 Å². The number of hydrogen-bond donors (Lipinski definition) is 0. The monoisotopic (exact) mass is 513 g/mol. The predicted octanol–water partition coefficient (Wildman–Crippen LogP) is 2.07. The van der Waals surface area contributed by atoms with Gasteiger partial charge in [-0.2, -0.15) is 4.39 Å². The van der Waals surface area contributed by atoms with Gasteiger partial charge in [0, 0.05) is 26.5 Å². The first-order valence-electron chi connectivity index (χ1n) is 7.79. The molecule has 0 spiro atoms. The number of nitrogens with zero attached hydrogens (tertiary/aromatic N) is 1. The zero-order valence-electron chi connectivity index (χ0n) is 14.6. The standard InChI is InChI=1S/C16H17FINO7S/c1-7(20)23-11-6-27-16(26-10-4-5-12(18)19-15(10)17)14(25-9(3)22)13(11)24-8(2)21/h4-5,11,13-14,16H,6H2,1-3H3/t11-,13+,14-,16+/m1/s1. The van der Waals surface area contributed by atoms with Gasteiger partial charge in [-0.25, -0.2) is 4.98 Å². The second-order valence-electron chi connectivity index (χ2n) is 5.54. The van der Waals surface area contributed by atoms with Crippen LogP contribution in [0.1, 0.15) is 20.8 Å². The minimum Gasteiger partial charge on any atom is -0.471 e. The summed E-state index contributed by atoms with van der Waals surface area (Å²) in [5.74, 6) is -2.66. The van der Waals surface area contributed by atoms with Gasteiger partial charge < -0.3 is 18.9 Å². The third kappa shape index (κ3) is 6.19. The summed E-state index contributed by atoms with van der Waals surface area (Å²) < 4.78 is 35.8. The lowest BCUT2D eigenvalue weighted by Crippen LogP contribution is -2.55. The molecular weight excluding hydrogens is 496 g/mol. The molecule has 0 aromatic carbocycles. The van der Waals surface area contributed by atoms with Gasteiger partial charge in [-0.15, -0.1) is 11.8 Å². The number of aromatic nitrogens is 1. The fourth-order valence-electron chi connectivity index (χ4n) is 2.42. The number of hydrogen-bond acceptors (Lipinski definition) is 9. The maximum atomic E-state index is 14.0. The van der Waals surface area contributed by atoms with Gasteiger partial charge in [0.25, 0.3) is 5.95 Å². The molecule has 1 aliphatic heterocycles. The molecule has 0 bridgehead atoms. The van der Waals surface area contributed by atoms with E-state index in [4.69, 9.17) is 18.9 Å². The van der Waals surface area contributed by atoms with Crippen molar-refractivity contribution in [1.82, 2.24) is 4.98 Å². The molecule has 1 aromatic rings. The number of carbonyl (C=O) groups excluding carboxylic acids is 3. The van der Waals surface area contributed by atoms with E-state index in [2.05, 4.69) is 4.98 Å². The van der Waals surface area contributed by atoms with Crippen molar-refractivity contribution in [3.05, 3.63) is 21.8 Å². The predicted molar refractivity (Wildman–Crippen MR) is 100 cm³/mol. The lowest BCUT2D eigenvalue weighted by molar-refractivity contribution is -0.186. The third-order valence-electron chi connectivity index (χ3n) is 3.33. The summed E-state index contributed by atoms with van der Waals surface area (Å²) in [6.07, 6.45) is -3.06. The van der Waals surface area contributed by atoms with E-state index in [0.29, 0.717) is 3.70 Å². The lowest BCUT2D eigenvalue weighted by atomic mass is 10.1. The van der Waals surface area contributed by atoms with E-state index < -0.39 is 47.6 Å². The summed E-state index contributed by atoms with van der Waals surface area (Å²) in [6.45, 7) is 3.57. The van der Waals surface area contributed by atoms with E-state index in [1.54, 1.807) is 6.07 Å². The molecule has 0 aliphatic carbocycles. The van der Waals surface area contributed by atoms with E-state index in [0.717, 1.165) is 11.8 Å². The second kappa shape index (κ2) is 9.53. The van der Waals surface area contributed by atoms with Crippen LogP contribution in [-0.4, -0.2) is 52.4 Å². The first kappa shape index (κ1) is 21.7. The van der Waals surface area contributed by atoms with Gasteiger partial charge in [0.1, 0.15) is 3.70 Å². The highest BCUT2D eigenvalue weighted by atomic mass is 127. The fourth-order valence-corrected chi connectivity index (χ4v) is 4.02. The summed E-state index contributed by atoms with van der Waals surface area (Å²) in [6, 6.07) is 2.95. The zero-order valence-corrected chi connectivity index (χ0v) is 17.6. The van der Waals surface area contributed by atoms with Crippen LogP contribution < -0.4 is 4.74 Å². The van der Waals surface area contributed by atoms with Crippen molar-refractivity contribution in [2.75, 3.05) is 5.75 Å². The second-order valence-corrected chi connectivity index (χ2v) is 7.78. The molecule has 4 atom stereocenters. The fraction of sp³-hybridized carbons (Fsp3) is 0.500. The van der Waals surface area contributed by atoms with Crippen LogP contribution in [0.2, 0.25) is 0 Å². The molecule has 1 aromatic heterocycles. The Morgan fingerprint density at radius 2 is 1.67 bits per heavy atom. The van der Waals surface area contributed by atoms with Crippen molar-refractivity contribution in [3.8, 4) is 5.75 Å². The lowest BCUT2D eigenvalue weighted by Gasteiger charge is -2.39. The van der Waals surface area contributed by atoms with E-state index in [9.17, 15) is 18.8 Å². The van der Waals surface area contributed by atoms with Crippen molar-refractivity contribution in [1.29, 1.82) is 0 Å². The minimum absolute atomic E-state index is 0.141. The van der Waals surface area contributed by atoms with Crippen LogP contribution >= 0.6 is 34.4 Å². The Morgan fingerprint density at radius 1 is 1.07 bits per heavy atom. The summed E-state index contributed by atoms with van der Waals surface area (Å²) in [5.41, 5.74) is -0.901. The first-order chi connectivity index (χ1) is 12.7. The van der Waals surface area contributed by atoms with Crippen LogP contribution in [0.3, 0.4) is 0 Å². The number of rotatable bonds is 5. The molecule has 2 rings (SSSR count). The summed E-state index contributed by atoms with van der Waals surface area (Å²) in [4.78, 5) is 38.1. The maximum Gasteiger partial charge on any atom is 0.303 e. The van der Waals surface area contributed by atoms with E-state index in [1.807, 2.05) is 22.6 Å². The van der Waals surface area contributed by atoms with Gasteiger partial charge in [-0.3, -0.25) is 14.4 Å². The summed E-state index contributed by atoms with van der Waals surface area (Å²) in [7, 11) is 0. The molecule has 0 saturated carbocycles. The Labute approximate surface area is 172 Å². The average Bonchev–Trinajstić information content (AvgIpc) is 2.53. The zero-order chi connectivity index (χ0) is 20.1. The van der Waals surface area contributed by atoms with Gasteiger partial charge in [-0.05, 0) is 34.7 Å². The van der Waals surface area contributed by atoms with Crippen molar-refractivity contribution < 1.29 is 37.7 Å². The molecule has 27 heavy (non-hydrogen) atoms. The molecule has 0 amide bonds. The van der Waals surface area contributed by atoms with Crippen molar-refractivity contribution in [2.24, 2.45) is 0 Å². The van der Waals surface area contributed by atoms with Crippen LogP contribution in [0.5, 0.6) is 5.75 Å². The number of ether oxygens (including phenoxy) is 4. The molecule has 8 nitrogen and oxygen atoms in total. The molecule has 148 valence electrons. The highest BCUT2D eigenvalue weighted by molar-refractivity contribution is 14.1. The Balaban J connectivity index is 2.30. The number of esters is 3. The Bertz CT molecular complexity index is 735. The SMILES string of the molecule is CC(=O)O[C@@H]1[C@@H](OC(C)=O)[C@@H](Oc2ccc(I)nc2F)SC[C@H]1OC(C)=O. The number of thioether (sulfide) groups is 1. The molecule has 1 aliphatic rings. The summed E-state index contributed by atoms with van der Waals surface area (Å²) >= 11 is 2.99. The van der Waals surface area contributed by atoms with Gasteiger partial charge in [0.15, 0.2) is 29.5 Å². The molecule has 2 heterocycles. The third-order valence-corrected chi connectivity index (χ3v) is 5.14. The molecule has 11 heteroatoms. The van der Waals surface area contributed by atoms with Gasteiger partial charge in [0.05, 0.1) is 0 Å². The van der Waals surface area contributed by atoms with Crippen molar-refractivity contribution >= 4 is 52.3 Å². The van der Waals surface area contributed by atoms with Crippen LogP contribution in [0.4, 0.5) is 4.39 Å². The first-order valence-corrected chi connectivity index (χ1v) is 9.92. The molecule has 0 N–H and O–H groups in total.